The number of hydrogen-bond donors (Lipinski definition) is 0. The molecule has 4 heteroatoms. The molecule has 0 aliphatic carbocycles. The van der Waals surface area contributed by atoms with Crippen molar-refractivity contribution in [3.8, 4) is 0 Å². The van der Waals surface area contributed by atoms with Crippen LogP contribution in [0.15, 0.2) is 34.2 Å². The van der Waals surface area contributed by atoms with E-state index in [0.717, 1.165) is 4.90 Å². The number of hydrogen-bond acceptors (Lipinski definition) is 2. The van der Waals surface area contributed by atoms with Gasteiger partial charge in [0.15, 0.2) is 5.78 Å². The largest absolute Gasteiger partial charge is 0.289 e. The summed E-state index contributed by atoms with van der Waals surface area (Å²) in [5, 5.41) is 0. The molecule has 0 saturated heterocycles. The van der Waals surface area contributed by atoms with Gasteiger partial charge in [0.1, 0.15) is 5.82 Å². The highest BCUT2D eigenvalue weighted by Gasteiger charge is 2.22. The van der Waals surface area contributed by atoms with E-state index in [-0.39, 0.29) is 5.78 Å². The maximum Gasteiger partial charge on any atom is 0.191 e. The third-order valence-electron chi connectivity index (χ3n) is 1.99. The topological polar surface area (TPSA) is 17.1 Å². The van der Waals surface area contributed by atoms with Gasteiger partial charge in [-0.3, -0.25) is 4.79 Å². The Kier molecular flexibility index (Phi) is 2.61. The fraction of sp³-hybridized carbons (Fsp3) is 0.100. The lowest BCUT2D eigenvalue weighted by atomic mass is 10.1. The molecule has 2 rings (SSSR count). The van der Waals surface area contributed by atoms with Gasteiger partial charge in [0.2, 0.25) is 0 Å². The summed E-state index contributed by atoms with van der Waals surface area (Å²) in [5.74, 6) is -0.0113. The van der Waals surface area contributed by atoms with Crippen LogP contribution in [0.1, 0.15) is 10.4 Å². The van der Waals surface area contributed by atoms with Crippen molar-refractivity contribution in [2.75, 3.05) is 5.75 Å². The number of carbonyl (C=O) groups excluding carboxylic acids is 1. The second-order valence-corrected chi connectivity index (χ2v) is 4.13. The van der Waals surface area contributed by atoms with Gasteiger partial charge >= 0.3 is 0 Å². The molecule has 1 aromatic carbocycles. The Balaban J connectivity index is 2.54. The number of rotatable bonds is 0. The van der Waals surface area contributed by atoms with Crippen molar-refractivity contribution in [3.63, 3.8) is 0 Å². The number of carbonyl (C=O) groups is 1. The van der Waals surface area contributed by atoms with Gasteiger partial charge in [0, 0.05) is 27.3 Å². The molecule has 0 amide bonds. The highest BCUT2D eigenvalue weighted by molar-refractivity contribution is 7.99. The molecule has 0 radical (unpaired) electrons. The monoisotopic (exact) mass is 228 g/mol. The van der Waals surface area contributed by atoms with Gasteiger partial charge in [0.25, 0.3) is 0 Å². The Bertz CT molecular complexity index is 428. The summed E-state index contributed by atoms with van der Waals surface area (Å²) < 4.78 is 12.9. The third kappa shape index (κ3) is 1.57. The molecule has 1 nitrogen and oxygen atoms in total. The van der Waals surface area contributed by atoms with E-state index in [1.165, 1.54) is 29.4 Å². The average molecular weight is 229 g/mol. The van der Waals surface area contributed by atoms with Crippen molar-refractivity contribution in [1.82, 2.24) is 0 Å². The molecule has 0 N–H and O–H groups in total. The SMILES string of the molecule is O=C1/C(=C\Cl)CSc2ccc(F)cc21. The van der Waals surface area contributed by atoms with E-state index in [0.29, 0.717) is 16.9 Å². The normalized spacial score (nSPS) is 18.4. The van der Waals surface area contributed by atoms with Gasteiger partial charge < -0.3 is 0 Å². The predicted octanol–water partition coefficient (Wildman–Crippen LogP) is 3.24. The molecule has 0 aromatic heterocycles. The number of benzene rings is 1. The van der Waals surface area contributed by atoms with Crippen LogP contribution in [0.25, 0.3) is 0 Å². The van der Waals surface area contributed by atoms with Gasteiger partial charge in [-0.2, -0.15) is 0 Å². The Morgan fingerprint density at radius 2 is 2.29 bits per heavy atom. The minimum absolute atomic E-state index is 0.173. The highest BCUT2D eigenvalue weighted by atomic mass is 35.5. The molecule has 0 bridgehead atoms. The molecule has 0 spiro atoms. The van der Waals surface area contributed by atoms with Crippen LogP contribution in [-0.2, 0) is 0 Å². The zero-order valence-electron chi connectivity index (χ0n) is 7.09. The number of Topliss-reactive ketones (excluding diaryl/α,β-unsaturated/α-hetero) is 1. The Labute approximate surface area is 89.9 Å². The van der Waals surface area contributed by atoms with E-state index in [4.69, 9.17) is 11.6 Å². The van der Waals surface area contributed by atoms with Crippen molar-refractivity contribution >= 4 is 29.1 Å². The molecule has 0 saturated carbocycles. The first-order valence-corrected chi connectivity index (χ1v) is 5.41. The molecule has 1 aliphatic heterocycles. The molecule has 1 aliphatic rings. The van der Waals surface area contributed by atoms with Crippen LogP contribution in [0.3, 0.4) is 0 Å². The van der Waals surface area contributed by atoms with Gasteiger partial charge in [-0.1, -0.05) is 11.6 Å². The molecule has 1 aromatic rings. The van der Waals surface area contributed by atoms with Crippen LogP contribution in [0.5, 0.6) is 0 Å². The second-order valence-electron chi connectivity index (χ2n) is 2.89. The molecule has 0 unspecified atom stereocenters. The Morgan fingerprint density at radius 1 is 1.50 bits per heavy atom. The number of fused-ring (bicyclic) bond motifs is 1. The van der Waals surface area contributed by atoms with Gasteiger partial charge in [-0.25, -0.2) is 4.39 Å². The van der Waals surface area contributed by atoms with Crippen molar-refractivity contribution in [2.24, 2.45) is 0 Å². The molecular weight excluding hydrogens is 223 g/mol. The van der Waals surface area contributed by atoms with Crippen LogP contribution in [0.2, 0.25) is 0 Å². The molecule has 1 heterocycles. The first-order valence-electron chi connectivity index (χ1n) is 3.98. The second kappa shape index (κ2) is 3.75. The van der Waals surface area contributed by atoms with Gasteiger partial charge in [-0.05, 0) is 18.2 Å². The zero-order chi connectivity index (χ0) is 10.1. The van der Waals surface area contributed by atoms with Crippen molar-refractivity contribution in [3.05, 3.63) is 40.7 Å². The van der Waals surface area contributed by atoms with Crippen molar-refractivity contribution < 1.29 is 9.18 Å². The van der Waals surface area contributed by atoms with Crippen molar-refractivity contribution in [2.45, 2.75) is 4.90 Å². The van der Waals surface area contributed by atoms with Crippen LogP contribution >= 0.6 is 23.4 Å². The van der Waals surface area contributed by atoms with E-state index < -0.39 is 5.82 Å². The molecular formula is C10H6ClFOS. The maximum atomic E-state index is 12.9. The summed E-state index contributed by atoms with van der Waals surface area (Å²) in [6.07, 6.45) is 0. The third-order valence-corrected chi connectivity index (χ3v) is 3.38. The van der Waals surface area contributed by atoms with Gasteiger partial charge in [0.05, 0.1) is 0 Å². The molecule has 0 atom stereocenters. The van der Waals surface area contributed by atoms with E-state index in [1.54, 1.807) is 6.07 Å². The average Bonchev–Trinajstić information content (AvgIpc) is 2.20. The molecule has 0 fully saturated rings. The first kappa shape index (κ1) is 9.74. The number of thioether (sulfide) groups is 1. The van der Waals surface area contributed by atoms with Crippen LogP contribution in [0, 0.1) is 5.82 Å². The fourth-order valence-electron chi connectivity index (χ4n) is 1.28. The summed E-state index contributed by atoms with van der Waals surface area (Å²) in [6.45, 7) is 0. The van der Waals surface area contributed by atoms with Crippen LogP contribution < -0.4 is 0 Å². The Morgan fingerprint density at radius 3 is 3.00 bits per heavy atom. The van der Waals surface area contributed by atoms with E-state index in [2.05, 4.69) is 0 Å². The fourth-order valence-corrected chi connectivity index (χ4v) is 2.55. The quantitative estimate of drug-likeness (QED) is 0.634. The standard InChI is InChI=1S/C10H6ClFOS/c11-4-6-5-14-9-2-1-7(12)3-8(9)10(6)13/h1-4H,5H2/b6-4-. The lowest BCUT2D eigenvalue weighted by molar-refractivity contribution is 0.103. The summed E-state index contributed by atoms with van der Waals surface area (Å²) in [6, 6.07) is 4.23. The maximum absolute atomic E-state index is 12.9. The summed E-state index contributed by atoms with van der Waals surface area (Å²) in [4.78, 5) is 12.5. The van der Waals surface area contributed by atoms with Gasteiger partial charge in [-0.15, -0.1) is 11.8 Å². The van der Waals surface area contributed by atoms with Crippen molar-refractivity contribution in [1.29, 1.82) is 0 Å². The summed E-state index contributed by atoms with van der Waals surface area (Å²) in [5.41, 5.74) is 2.20. The van der Waals surface area contributed by atoms with E-state index in [1.807, 2.05) is 0 Å². The minimum Gasteiger partial charge on any atom is -0.289 e. The lowest BCUT2D eigenvalue weighted by Gasteiger charge is -2.15. The lowest BCUT2D eigenvalue weighted by Crippen LogP contribution is -2.12. The highest BCUT2D eigenvalue weighted by Crippen LogP contribution is 2.33. The molecule has 14 heavy (non-hydrogen) atoms. The van der Waals surface area contributed by atoms with E-state index in [9.17, 15) is 9.18 Å². The Hall–Kier alpha value is -0.800. The first-order chi connectivity index (χ1) is 6.72. The summed E-state index contributed by atoms with van der Waals surface area (Å²) >= 11 is 6.99. The number of ketones is 1. The smallest absolute Gasteiger partial charge is 0.191 e. The van der Waals surface area contributed by atoms with Crippen LogP contribution in [-0.4, -0.2) is 11.5 Å². The minimum atomic E-state index is -0.395. The number of halogens is 2. The summed E-state index contributed by atoms with van der Waals surface area (Å²) in [7, 11) is 0. The molecule has 72 valence electrons. The van der Waals surface area contributed by atoms with E-state index >= 15 is 0 Å². The van der Waals surface area contributed by atoms with Crippen LogP contribution in [0.4, 0.5) is 4.39 Å². The predicted molar refractivity (Wildman–Crippen MR) is 55.4 cm³/mol. The zero-order valence-corrected chi connectivity index (χ0v) is 8.66.